The quantitative estimate of drug-likeness (QED) is 0.500. The van der Waals surface area contributed by atoms with Gasteiger partial charge in [0.05, 0.1) is 12.2 Å². The van der Waals surface area contributed by atoms with E-state index < -0.39 is 0 Å². The smallest absolute Gasteiger partial charge is 0.0721 e. The van der Waals surface area contributed by atoms with Crippen molar-refractivity contribution in [3.05, 3.63) is 11.6 Å². The molecule has 3 saturated carbocycles. The van der Waals surface area contributed by atoms with Crippen molar-refractivity contribution in [3.8, 4) is 0 Å². The summed E-state index contributed by atoms with van der Waals surface area (Å²) in [5.74, 6) is 2.12. The van der Waals surface area contributed by atoms with E-state index in [1.807, 2.05) is 0 Å². The Bertz CT molecular complexity index is 504. The van der Waals surface area contributed by atoms with Gasteiger partial charge in [-0.2, -0.15) is 0 Å². The van der Waals surface area contributed by atoms with Gasteiger partial charge in [0.25, 0.3) is 0 Å². The molecular formula is C19H29BrO2. The van der Waals surface area contributed by atoms with Crippen molar-refractivity contribution in [2.24, 2.45) is 28.6 Å². The maximum Gasteiger partial charge on any atom is 0.0721 e. The summed E-state index contributed by atoms with van der Waals surface area (Å²) in [4.78, 5) is 0.271. The van der Waals surface area contributed by atoms with Crippen LogP contribution < -0.4 is 0 Å². The molecule has 2 nitrogen and oxygen atoms in total. The maximum absolute atomic E-state index is 10.7. The Morgan fingerprint density at radius 2 is 1.91 bits per heavy atom. The zero-order valence-electron chi connectivity index (χ0n) is 13.8. The average Bonchev–Trinajstić information content (AvgIpc) is 2.72. The summed E-state index contributed by atoms with van der Waals surface area (Å²) >= 11 is 3.74. The summed E-state index contributed by atoms with van der Waals surface area (Å²) in [7, 11) is 0. The molecule has 22 heavy (non-hydrogen) atoms. The molecule has 0 bridgehead atoms. The van der Waals surface area contributed by atoms with Crippen LogP contribution in [0, 0.1) is 28.6 Å². The first-order valence-electron chi connectivity index (χ1n) is 9.06. The number of aliphatic hydroxyl groups is 2. The monoisotopic (exact) mass is 368 g/mol. The van der Waals surface area contributed by atoms with Gasteiger partial charge in [-0.3, -0.25) is 0 Å². The molecule has 8 atom stereocenters. The minimum absolute atomic E-state index is 0.102. The summed E-state index contributed by atoms with van der Waals surface area (Å²) < 4.78 is 0. The minimum Gasteiger partial charge on any atom is -0.393 e. The Morgan fingerprint density at radius 3 is 2.68 bits per heavy atom. The first kappa shape index (κ1) is 15.7. The van der Waals surface area contributed by atoms with Gasteiger partial charge in [0.15, 0.2) is 0 Å². The number of fused-ring (bicyclic) bond motifs is 5. The summed E-state index contributed by atoms with van der Waals surface area (Å²) in [6.45, 7) is 4.78. The SMILES string of the molecule is C[C@]12CC[C@H]3[C@@H](CC=C4C[C@@H](O)CC[C@@]43C)[C@@H]1C[C@@H](Br)[C@H]2O. The number of aliphatic hydroxyl groups excluding tert-OH is 2. The van der Waals surface area contributed by atoms with Crippen LogP contribution in [0.1, 0.15) is 58.8 Å². The number of halogens is 1. The van der Waals surface area contributed by atoms with Gasteiger partial charge >= 0.3 is 0 Å². The Kier molecular flexibility index (Phi) is 3.61. The molecule has 0 radical (unpaired) electrons. The van der Waals surface area contributed by atoms with Crippen LogP contribution in [-0.4, -0.2) is 27.2 Å². The molecule has 0 amide bonds. The molecule has 0 unspecified atom stereocenters. The van der Waals surface area contributed by atoms with Crippen LogP contribution in [0.2, 0.25) is 0 Å². The lowest BCUT2D eigenvalue weighted by Gasteiger charge is -2.57. The molecule has 4 rings (SSSR count). The molecule has 0 aromatic heterocycles. The highest BCUT2D eigenvalue weighted by molar-refractivity contribution is 9.09. The van der Waals surface area contributed by atoms with Gasteiger partial charge in [-0.15, -0.1) is 0 Å². The average molecular weight is 369 g/mol. The fourth-order valence-corrected chi connectivity index (χ4v) is 7.59. The summed E-state index contributed by atoms with van der Waals surface area (Å²) in [5, 5.41) is 20.7. The van der Waals surface area contributed by atoms with E-state index in [9.17, 15) is 10.2 Å². The molecular weight excluding hydrogens is 340 g/mol. The van der Waals surface area contributed by atoms with E-state index in [4.69, 9.17) is 0 Å². The van der Waals surface area contributed by atoms with Gasteiger partial charge < -0.3 is 10.2 Å². The van der Waals surface area contributed by atoms with E-state index in [0.717, 1.165) is 50.4 Å². The van der Waals surface area contributed by atoms with E-state index in [1.165, 1.54) is 12.0 Å². The Morgan fingerprint density at radius 1 is 1.14 bits per heavy atom. The van der Waals surface area contributed by atoms with Crippen LogP contribution in [0.25, 0.3) is 0 Å². The first-order chi connectivity index (χ1) is 10.4. The molecule has 124 valence electrons. The Labute approximate surface area is 142 Å². The second-order valence-electron chi connectivity index (χ2n) is 8.90. The molecule has 0 aromatic rings. The van der Waals surface area contributed by atoms with Gasteiger partial charge in [-0.25, -0.2) is 0 Å². The summed E-state index contributed by atoms with van der Waals surface area (Å²) in [5.41, 5.74) is 1.94. The molecule has 0 heterocycles. The van der Waals surface area contributed by atoms with Crippen LogP contribution in [0.4, 0.5) is 0 Å². The summed E-state index contributed by atoms with van der Waals surface area (Å²) in [6, 6.07) is 0. The van der Waals surface area contributed by atoms with E-state index in [1.54, 1.807) is 0 Å². The van der Waals surface area contributed by atoms with Crippen LogP contribution in [0.3, 0.4) is 0 Å². The van der Waals surface area contributed by atoms with Crippen molar-refractivity contribution < 1.29 is 10.2 Å². The highest BCUT2D eigenvalue weighted by Crippen LogP contribution is 2.65. The number of alkyl halides is 1. The lowest BCUT2D eigenvalue weighted by molar-refractivity contribution is -0.0706. The highest BCUT2D eigenvalue weighted by Gasteiger charge is 2.60. The van der Waals surface area contributed by atoms with E-state index in [2.05, 4.69) is 35.9 Å². The number of rotatable bonds is 0. The standard InChI is InChI=1S/C19H29BrO2/c1-18-7-5-12(21)9-11(18)3-4-13-14(18)6-8-19(2)15(13)10-16(20)17(19)22/h3,12-17,21-22H,4-10H2,1-2H3/t12-,13+,14-,15-,16+,17+,18-,19-/m0/s1. The van der Waals surface area contributed by atoms with Gasteiger partial charge in [0, 0.05) is 4.83 Å². The molecule has 2 N–H and O–H groups in total. The van der Waals surface area contributed by atoms with E-state index in [-0.39, 0.29) is 22.5 Å². The fraction of sp³-hybridized carbons (Fsp3) is 0.895. The van der Waals surface area contributed by atoms with Crippen molar-refractivity contribution in [2.75, 3.05) is 0 Å². The zero-order valence-corrected chi connectivity index (χ0v) is 15.3. The third kappa shape index (κ3) is 1.97. The predicted molar refractivity (Wildman–Crippen MR) is 91.8 cm³/mol. The summed E-state index contributed by atoms with van der Waals surface area (Å²) in [6.07, 6.45) is 9.85. The molecule has 0 aliphatic heterocycles. The minimum atomic E-state index is -0.190. The lowest BCUT2D eigenvalue weighted by Crippen LogP contribution is -2.51. The third-order valence-corrected chi connectivity index (χ3v) is 8.89. The molecule has 0 aromatic carbocycles. The van der Waals surface area contributed by atoms with Crippen molar-refractivity contribution >= 4 is 15.9 Å². The topological polar surface area (TPSA) is 40.5 Å². The van der Waals surface area contributed by atoms with Crippen molar-refractivity contribution in [2.45, 2.75) is 75.8 Å². The molecule has 0 spiro atoms. The fourth-order valence-electron chi connectivity index (χ4n) is 6.59. The van der Waals surface area contributed by atoms with Gasteiger partial charge in [-0.05, 0) is 73.5 Å². The second kappa shape index (κ2) is 5.07. The number of allylic oxidation sites excluding steroid dienone is 1. The highest BCUT2D eigenvalue weighted by atomic mass is 79.9. The van der Waals surface area contributed by atoms with Crippen molar-refractivity contribution in [1.29, 1.82) is 0 Å². The van der Waals surface area contributed by atoms with Crippen LogP contribution in [0.15, 0.2) is 11.6 Å². The third-order valence-electron chi connectivity index (χ3n) is 8.01. The predicted octanol–water partition coefficient (Wildman–Crippen LogP) is 4.04. The first-order valence-corrected chi connectivity index (χ1v) is 9.97. The van der Waals surface area contributed by atoms with Crippen LogP contribution >= 0.6 is 15.9 Å². The van der Waals surface area contributed by atoms with Crippen molar-refractivity contribution in [1.82, 2.24) is 0 Å². The van der Waals surface area contributed by atoms with Crippen molar-refractivity contribution in [3.63, 3.8) is 0 Å². The van der Waals surface area contributed by atoms with Gasteiger partial charge in [-0.1, -0.05) is 41.4 Å². The Hall–Kier alpha value is 0.140. The second-order valence-corrected chi connectivity index (χ2v) is 10.1. The normalized spacial score (nSPS) is 57.6. The lowest BCUT2D eigenvalue weighted by atomic mass is 9.48. The van der Waals surface area contributed by atoms with Crippen LogP contribution in [-0.2, 0) is 0 Å². The van der Waals surface area contributed by atoms with E-state index >= 15 is 0 Å². The maximum atomic E-state index is 10.7. The number of hydrogen-bond acceptors (Lipinski definition) is 2. The molecule has 4 aliphatic rings. The number of hydrogen-bond donors (Lipinski definition) is 2. The zero-order chi connectivity index (χ0) is 15.7. The Balaban J connectivity index is 1.68. The van der Waals surface area contributed by atoms with Crippen LogP contribution in [0.5, 0.6) is 0 Å². The molecule has 0 saturated heterocycles. The van der Waals surface area contributed by atoms with E-state index in [0.29, 0.717) is 11.3 Å². The largest absolute Gasteiger partial charge is 0.393 e. The van der Waals surface area contributed by atoms with Gasteiger partial charge in [0.1, 0.15) is 0 Å². The molecule has 4 aliphatic carbocycles. The molecule has 3 fully saturated rings. The van der Waals surface area contributed by atoms with Gasteiger partial charge in [0.2, 0.25) is 0 Å². The molecule has 3 heteroatoms.